The van der Waals surface area contributed by atoms with Crippen LogP contribution in [0, 0.1) is 11.6 Å². The van der Waals surface area contributed by atoms with Crippen LogP contribution in [0.5, 0.6) is 0 Å². The van der Waals surface area contributed by atoms with Gasteiger partial charge in [-0.3, -0.25) is 0 Å². The van der Waals surface area contributed by atoms with Crippen molar-refractivity contribution < 1.29 is 13.2 Å². The third-order valence-electron chi connectivity index (χ3n) is 8.12. The molecule has 4 nitrogen and oxygen atoms in total. The minimum Gasteiger partial charge on any atom is -0.405 e. The second-order valence-electron chi connectivity index (χ2n) is 11.7. The molecular weight excluding hydrogens is 656 g/mol. The summed E-state index contributed by atoms with van der Waals surface area (Å²) in [6, 6.07) is 21.0. The third-order valence-corrected chi connectivity index (χ3v) is 15.0. The summed E-state index contributed by atoms with van der Waals surface area (Å²) in [4.78, 5) is 11.2. The van der Waals surface area contributed by atoms with Crippen molar-refractivity contribution in [3.63, 3.8) is 0 Å². The molecule has 0 aliphatic carbocycles. The van der Waals surface area contributed by atoms with Crippen molar-refractivity contribution in [3.8, 4) is 0 Å². The molecule has 2 heterocycles. The summed E-state index contributed by atoms with van der Waals surface area (Å²) in [7, 11) is -2.81. The fraction of sp³-hybridized carbons (Fsp3) is 0.375. The molecule has 1 aliphatic heterocycles. The lowest BCUT2D eigenvalue weighted by Gasteiger charge is -2.44. The molecule has 0 spiro atoms. The van der Waals surface area contributed by atoms with E-state index in [1.807, 2.05) is 18.4 Å². The molecule has 0 saturated carbocycles. The van der Waals surface area contributed by atoms with Gasteiger partial charge in [-0.05, 0) is 50.4 Å². The lowest BCUT2D eigenvalue weighted by Crippen LogP contribution is -2.67. The molecule has 222 valence electrons. The van der Waals surface area contributed by atoms with Crippen molar-refractivity contribution >= 4 is 74.7 Å². The molecule has 4 aromatic rings. The highest BCUT2D eigenvalue weighted by Crippen LogP contribution is 2.41. The van der Waals surface area contributed by atoms with Crippen LogP contribution in [0.2, 0.25) is 10.1 Å². The largest absolute Gasteiger partial charge is 0.405 e. The summed E-state index contributed by atoms with van der Waals surface area (Å²) in [5, 5.41) is 2.29. The molecule has 1 atom stereocenters. The van der Waals surface area contributed by atoms with E-state index in [1.165, 1.54) is 22.1 Å². The van der Waals surface area contributed by atoms with E-state index < -0.39 is 20.0 Å². The number of nitrogens with zero attached hydrogens (tertiary/aromatic N) is 3. The van der Waals surface area contributed by atoms with Crippen LogP contribution in [-0.2, 0) is 4.43 Å². The zero-order valence-corrected chi connectivity index (χ0v) is 28.4. The van der Waals surface area contributed by atoms with Gasteiger partial charge < -0.3 is 9.33 Å². The van der Waals surface area contributed by atoms with Gasteiger partial charge >= 0.3 is 0 Å². The number of halogens is 4. The summed E-state index contributed by atoms with van der Waals surface area (Å²) in [6.07, 6.45) is 5.62. The monoisotopic (exact) mass is 689 g/mol. The highest BCUT2D eigenvalue weighted by atomic mass is 79.9. The first-order valence-electron chi connectivity index (χ1n) is 14.2. The fourth-order valence-corrected chi connectivity index (χ4v) is 11.6. The van der Waals surface area contributed by atoms with Gasteiger partial charge in [-0.1, -0.05) is 118 Å². The van der Waals surface area contributed by atoms with Crippen molar-refractivity contribution in [2.24, 2.45) is 0 Å². The summed E-state index contributed by atoms with van der Waals surface area (Å²) < 4.78 is 38.5. The Balaban J connectivity index is 1.64. The molecule has 0 N–H and O–H groups in total. The molecule has 1 fully saturated rings. The van der Waals surface area contributed by atoms with Gasteiger partial charge in [0.25, 0.3) is 8.32 Å². The van der Waals surface area contributed by atoms with Crippen LogP contribution in [0.4, 0.5) is 14.6 Å². The van der Waals surface area contributed by atoms with Gasteiger partial charge in [0.1, 0.15) is 11.3 Å². The van der Waals surface area contributed by atoms with Crippen molar-refractivity contribution in [1.82, 2.24) is 9.97 Å². The minimum atomic E-state index is -2.81. The zero-order chi connectivity index (χ0) is 30.1. The maximum atomic E-state index is 15.8. The smallest absolute Gasteiger partial charge is 0.261 e. The molecule has 1 aromatic heterocycles. The number of hydrogen-bond acceptors (Lipinski definition) is 5. The van der Waals surface area contributed by atoms with Crippen LogP contribution in [0.3, 0.4) is 0 Å². The number of rotatable bonds is 7. The second kappa shape index (κ2) is 12.9. The predicted molar refractivity (Wildman–Crippen MR) is 177 cm³/mol. The molecule has 1 saturated heterocycles. The quantitative estimate of drug-likeness (QED) is 0.0641. The van der Waals surface area contributed by atoms with Gasteiger partial charge in [0.2, 0.25) is 0 Å². The first kappa shape index (κ1) is 31.4. The van der Waals surface area contributed by atoms with E-state index in [-0.39, 0.29) is 31.5 Å². The van der Waals surface area contributed by atoms with Crippen LogP contribution in [0.25, 0.3) is 10.9 Å². The van der Waals surface area contributed by atoms with Crippen LogP contribution in [0.15, 0.2) is 70.3 Å². The Kier molecular flexibility index (Phi) is 9.64. The Morgan fingerprint density at radius 1 is 0.976 bits per heavy atom. The van der Waals surface area contributed by atoms with E-state index in [2.05, 4.69) is 95.1 Å². The molecule has 3 aromatic carbocycles. The Morgan fingerprint density at radius 2 is 1.60 bits per heavy atom. The van der Waals surface area contributed by atoms with E-state index in [9.17, 15) is 0 Å². The van der Waals surface area contributed by atoms with Gasteiger partial charge in [-0.25, -0.2) is 18.7 Å². The highest BCUT2D eigenvalue weighted by molar-refractivity contribution is 9.10. The van der Waals surface area contributed by atoms with Gasteiger partial charge in [0, 0.05) is 6.54 Å². The molecule has 5 rings (SSSR count). The number of anilines is 1. The van der Waals surface area contributed by atoms with Gasteiger partial charge in [-0.15, -0.1) is 0 Å². The van der Waals surface area contributed by atoms with E-state index in [4.69, 9.17) is 21.0 Å². The number of hydrogen-bond donors (Lipinski definition) is 0. The average molecular weight is 691 g/mol. The Hall–Kier alpha value is -2.04. The SMILES string of the molecule is CSc1nc(N2CCCCCC2CO[Si](c2ccccc2)(c2ccccc2)C(C)(C)C)c2c(F)c(Cl)c(Br)c(F)c2n1. The number of fused-ring (bicyclic) bond motifs is 1. The first-order valence-corrected chi connectivity index (χ1v) is 18.5. The lowest BCUT2D eigenvalue weighted by molar-refractivity contribution is 0.260. The van der Waals surface area contributed by atoms with E-state index in [0.717, 1.165) is 25.7 Å². The molecule has 1 aliphatic rings. The molecule has 1 unspecified atom stereocenters. The van der Waals surface area contributed by atoms with Crippen molar-refractivity contribution in [2.45, 2.75) is 62.7 Å². The molecule has 42 heavy (non-hydrogen) atoms. The van der Waals surface area contributed by atoms with Crippen molar-refractivity contribution in [3.05, 3.63) is 81.8 Å². The highest BCUT2D eigenvalue weighted by Gasteiger charge is 2.50. The number of aromatic nitrogens is 2. The Morgan fingerprint density at radius 3 is 2.17 bits per heavy atom. The summed E-state index contributed by atoms with van der Waals surface area (Å²) in [6.45, 7) is 7.82. The van der Waals surface area contributed by atoms with Crippen LogP contribution >= 0.6 is 39.3 Å². The summed E-state index contributed by atoms with van der Waals surface area (Å²) in [5.74, 6) is -1.04. The van der Waals surface area contributed by atoms with Crippen LogP contribution in [0.1, 0.15) is 46.5 Å². The number of thioether (sulfide) groups is 1. The fourth-order valence-electron chi connectivity index (χ4n) is 6.11. The van der Waals surface area contributed by atoms with Crippen LogP contribution in [-0.4, -0.2) is 43.7 Å². The van der Waals surface area contributed by atoms with Gasteiger partial charge in [0.05, 0.1) is 27.5 Å². The van der Waals surface area contributed by atoms with Gasteiger partial charge in [0.15, 0.2) is 16.8 Å². The summed E-state index contributed by atoms with van der Waals surface area (Å²) in [5.41, 5.74) is -0.0750. The molecule has 10 heteroatoms. The standard InChI is InChI=1S/C32H35BrClF2N3OSSi/c1-32(2,3)42(22-15-9-5-10-16-22,23-17-11-6-12-18-23)40-20-21-14-8-7-13-19-39(21)30-24-27(35)26(34)25(33)28(36)29(24)37-31(38-30)41-4/h5-6,9-12,15-18,21H,7-8,13-14,19-20H2,1-4H3. The van der Waals surface area contributed by atoms with E-state index in [0.29, 0.717) is 24.1 Å². The topological polar surface area (TPSA) is 38.2 Å². The first-order chi connectivity index (χ1) is 20.1. The Labute approximate surface area is 265 Å². The maximum absolute atomic E-state index is 15.8. The van der Waals surface area contributed by atoms with Gasteiger partial charge in [-0.2, -0.15) is 0 Å². The maximum Gasteiger partial charge on any atom is 0.261 e. The zero-order valence-electron chi connectivity index (χ0n) is 24.3. The third kappa shape index (κ3) is 5.75. The average Bonchev–Trinajstić information content (AvgIpc) is 3.24. The summed E-state index contributed by atoms with van der Waals surface area (Å²) >= 11 is 10.7. The van der Waals surface area contributed by atoms with E-state index in [1.54, 1.807) is 0 Å². The predicted octanol–water partition coefficient (Wildman–Crippen LogP) is 8.37. The normalized spacial score (nSPS) is 16.6. The van der Waals surface area contributed by atoms with E-state index >= 15 is 8.78 Å². The van der Waals surface area contributed by atoms with Crippen molar-refractivity contribution in [1.29, 1.82) is 0 Å². The van der Waals surface area contributed by atoms with Crippen LogP contribution < -0.4 is 15.3 Å². The number of benzene rings is 3. The molecule has 0 bridgehead atoms. The minimum absolute atomic E-state index is 0.0100. The molecule has 0 radical (unpaired) electrons. The van der Waals surface area contributed by atoms with Crippen molar-refractivity contribution in [2.75, 3.05) is 24.3 Å². The molecular formula is C32H35BrClF2N3OSSi. The second-order valence-corrected chi connectivity index (χ2v) is 17.9. The lowest BCUT2D eigenvalue weighted by atomic mass is 10.1. The molecule has 0 amide bonds. The Bertz CT molecular complexity index is 1520.